The molecule has 0 aromatic carbocycles. The van der Waals surface area contributed by atoms with E-state index in [1.807, 2.05) is 0 Å². The van der Waals surface area contributed by atoms with E-state index in [1.165, 1.54) is 19.3 Å². The van der Waals surface area contributed by atoms with Crippen molar-refractivity contribution in [1.29, 1.82) is 0 Å². The molecule has 1 heterocycles. The van der Waals surface area contributed by atoms with Crippen LogP contribution in [0, 0.1) is 40.9 Å². The molecule has 9 rings (SSSR count). The van der Waals surface area contributed by atoms with Gasteiger partial charge in [-0.1, -0.05) is 0 Å². The Morgan fingerprint density at radius 1 is 0.925 bits per heavy atom. The first-order valence-corrected chi connectivity index (χ1v) is 15.8. The van der Waals surface area contributed by atoms with Gasteiger partial charge in [0.2, 0.25) is 5.79 Å². The minimum Gasteiger partial charge on any atom is -0.465 e. The van der Waals surface area contributed by atoms with Gasteiger partial charge in [-0.2, -0.15) is 17.2 Å². The normalized spacial score (nSPS) is 46.6. The number of ether oxygens (including phenoxy) is 4. The molecule has 1 aliphatic heterocycles. The highest BCUT2D eigenvalue weighted by Gasteiger charge is 2.70. The third-order valence-corrected chi connectivity index (χ3v) is 11.9. The van der Waals surface area contributed by atoms with Crippen LogP contribution in [-0.2, 0) is 43.4 Å². The van der Waals surface area contributed by atoms with Crippen molar-refractivity contribution in [2.24, 2.45) is 40.9 Å². The summed E-state index contributed by atoms with van der Waals surface area (Å²) in [5.41, 5.74) is -1.33. The molecule has 222 valence electrons. The highest BCUT2D eigenvalue weighted by molar-refractivity contribution is 7.87. The minimum absolute atomic E-state index is 0.0260. The molecule has 40 heavy (non-hydrogen) atoms. The van der Waals surface area contributed by atoms with Crippen molar-refractivity contribution in [3.63, 3.8) is 0 Å². The Kier molecular flexibility index (Phi) is 5.80. The molecule has 8 bridgehead atoms. The summed E-state index contributed by atoms with van der Waals surface area (Å²) in [5, 5.41) is -5.09. The second-order valence-electron chi connectivity index (χ2n) is 13.9. The van der Waals surface area contributed by atoms with Crippen molar-refractivity contribution in [1.82, 2.24) is 0 Å². The van der Waals surface area contributed by atoms with Crippen LogP contribution in [0.2, 0.25) is 0 Å². The SMILES string of the molecule is O=C(CC1OC2(OC1=O)C1CC3CC2CC(OC(=O)C(F)(F)S(=O)(=O)O)(C3)C1)OCC12CC3CC(CC(C3)C1)C2. The number of rotatable bonds is 7. The van der Waals surface area contributed by atoms with Crippen LogP contribution in [0.3, 0.4) is 0 Å². The molecule has 3 atom stereocenters. The molecule has 3 unspecified atom stereocenters. The predicted molar refractivity (Wildman–Crippen MR) is 129 cm³/mol. The van der Waals surface area contributed by atoms with Crippen LogP contribution < -0.4 is 0 Å². The first kappa shape index (κ1) is 27.0. The fraction of sp³-hybridized carbons (Fsp3) is 0.889. The summed E-state index contributed by atoms with van der Waals surface area (Å²) in [6.07, 6.45) is 7.09. The summed E-state index contributed by atoms with van der Waals surface area (Å²) in [4.78, 5) is 37.9. The number of carbonyl (C=O) groups is 3. The molecule has 9 aliphatic rings. The van der Waals surface area contributed by atoms with Crippen LogP contribution in [0.25, 0.3) is 0 Å². The summed E-state index contributed by atoms with van der Waals surface area (Å²) in [6.45, 7) is 0.358. The number of esters is 3. The average molecular weight is 589 g/mol. The third kappa shape index (κ3) is 4.11. The van der Waals surface area contributed by atoms with Crippen LogP contribution >= 0.6 is 0 Å². The van der Waals surface area contributed by atoms with Gasteiger partial charge in [0.25, 0.3) is 0 Å². The van der Waals surface area contributed by atoms with Crippen LogP contribution in [0.1, 0.15) is 77.0 Å². The maximum absolute atomic E-state index is 13.9. The molecule has 1 spiro atoms. The Balaban J connectivity index is 0.999. The van der Waals surface area contributed by atoms with Crippen LogP contribution in [0.4, 0.5) is 8.78 Å². The van der Waals surface area contributed by atoms with Gasteiger partial charge in [-0.25, -0.2) is 9.59 Å². The van der Waals surface area contributed by atoms with Gasteiger partial charge in [0.1, 0.15) is 5.60 Å². The smallest absolute Gasteiger partial charge is 0.465 e. The molecular formula is C27H34F2O10S. The Hall–Kier alpha value is -1.86. The highest BCUT2D eigenvalue weighted by Crippen LogP contribution is 2.64. The summed E-state index contributed by atoms with van der Waals surface area (Å²) in [5.74, 6) is -3.72. The topological polar surface area (TPSA) is 142 Å². The second kappa shape index (κ2) is 8.59. The molecule has 0 aromatic heterocycles. The Labute approximate surface area is 230 Å². The Bertz CT molecular complexity index is 1200. The molecule has 9 fully saturated rings. The fourth-order valence-electron chi connectivity index (χ4n) is 10.3. The van der Waals surface area contributed by atoms with E-state index < -0.39 is 62.6 Å². The first-order chi connectivity index (χ1) is 18.7. The largest absolute Gasteiger partial charge is 0.465 e. The average Bonchev–Trinajstić information content (AvgIpc) is 3.16. The molecule has 13 heteroatoms. The molecule has 0 amide bonds. The van der Waals surface area contributed by atoms with Crippen molar-refractivity contribution in [2.45, 2.75) is 99.8 Å². The maximum atomic E-state index is 13.9. The van der Waals surface area contributed by atoms with Gasteiger partial charge in [0, 0.05) is 17.3 Å². The highest BCUT2D eigenvalue weighted by atomic mass is 32.2. The summed E-state index contributed by atoms with van der Waals surface area (Å²) in [7, 11) is -6.00. The van der Waals surface area contributed by atoms with E-state index in [9.17, 15) is 31.6 Å². The molecular weight excluding hydrogens is 554 g/mol. The van der Waals surface area contributed by atoms with Crippen LogP contribution in [0.5, 0.6) is 0 Å². The quantitative estimate of drug-likeness (QED) is 0.267. The van der Waals surface area contributed by atoms with Gasteiger partial charge in [-0.15, -0.1) is 0 Å². The number of halogens is 2. The number of hydrogen-bond donors (Lipinski definition) is 1. The van der Waals surface area contributed by atoms with E-state index in [0.29, 0.717) is 19.4 Å². The van der Waals surface area contributed by atoms with Crippen molar-refractivity contribution in [3.05, 3.63) is 0 Å². The fourth-order valence-corrected chi connectivity index (χ4v) is 10.5. The zero-order valence-electron chi connectivity index (χ0n) is 22.0. The van der Waals surface area contributed by atoms with Crippen molar-refractivity contribution >= 4 is 28.0 Å². The van der Waals surface area contributed by atoms with E-state index >= 15 is 0 Å². The standard InChI is InChI=1S/C27H34F2O10S/c28-27(29,40(33,34)35)23(32)39-25-10-17-4-18(11-25)26(19(5-17)12-25)37-20(22(31)38-26)6-21(30)36-13-24-7-14-1-15(8-24)3-16(2-14)9-24/h14-20H,1-13H2,(H,33,34,35). The number of carbonyl (C=O) groups excluding carboxylic acids is 3. The second-order valence-corrected chi connectivity index (χ2v) is 15.4. The van der Waals surface area contributed by atoms with E-state index in [1.54, 1.807) is 0 Å². The van der Waals surface area contributed by atoms with Crippen molar-refractivity contribution in [2.75, 3.05) is 6.61 Å². The molecule has 0 radical (unpaired) electrons. The number of alkyl halides is 2. The molecule has 1 saturated heterocycles. The molecule has 10 nitrogen and oxygen atoms in total. The van der Waals surface area contributed by atoms with Crippen molar-refractivity contribution in [3.8, 4) is 0 Å². The maximum Gasteiger partial charge on any atom is 0.465 e. The summed E-state index contributed by atoms with van der Waals surface area (Å²) >= 11 is 0. The zero-order chi connectivity index (χ0) is 28.3. The van der Waals surface area contributed by atoms with Gasteiger partial charge in [0.05, 0.1) is 13.0 Å². The van der Waals surface area contributed by atoms with Gasteiger partial charge in [0.15, 0.2) is 6.10 Å². The number of hydrogen-bond acceptors (Lipinski definition) is 9. The van der Waals surface area contributed by atoms with Gasteiger partial charge < -0.3 is 18.9 Å². The monoisotopic (exact) mass is 588 g/mol. The molecule has 1 N–H and O–H groups in total. The Morgan fingerprint density at radius 2 is 1.48 bits per heavy atom. The van der Waals surface area contributed by atoms with E-state index in [-0.39, 0.29) is 37.0 Å². The van der Waals surface area contributed by atoms with Gasteiger partial charge >= 0.3 is 33.3 Å². The van der Waals surface area contributed by atoms with Crippen LogP contribution in [0.15, 0.2) is 0 Å². The van der Waals surface area contributed by atoms with Gasteiger partial charge in [-0.05, 0) is 94.3 Å². The lowest BCUT2D eigenvalue weighted by molar-refractivity contribution is -0.317. The van der Waals surface area contributed by atoms with E-state index in [4.69, 9.17) is 23.5 Å². The lowest BCUT2D eigenvalue weighted by Gasteiger charge is -2.61. The van der Waals surface area contributed by atoms with Crippen molar-refractivity contribution < 1.29 is 55.1 Å². The van der Waals surface area contributed by atoms with Crippen LogP contribution in [-0.4, -0.2) is 60.2 Å². The third-order valence-electron chi connectivity index (χ3n) is 11.0. The predicted octanol–water partition coefficient (Wildman–Crippen LogP) is 3.38. The lowest BCUT2D eigenvalue weighted by atomic mass is 9.50. The zero-order valence-corrected chi connectivity index (χ0v) is 22.8. The lowest BCUT2D eigenvalue weighted by Crippen LogP contribution is -2.65. The Morgan fingerprint density at radius 3 is 2.02 bits per heavy atom. The summed E-state index contributed by atoms with van der Waals surface area (Å²) in [6, 6.07) is 0. The first-order valence-electron chi connectivity index (χ1n) is 14.3. The van der Waals surface area contributed by atoms with E-state index in [0.717, 1.165) is 37.0 Å². The molecule has 8 aliphatic carbocycles. The van der Waals surface area contributed by atoms with Gasteiger partial charge in [-0.3, -0.25) is 9.35 Å². The summed E-state index contributed by atoms with van der Waals surface area (Å²) < 4.78 is 81.6. The molecule has 8 saturated carbocycles. The van der Waals surface area contributed by atoms with E-state index in [2.05, 4.69) is 0 Å². The molecule has 0 aromatic rings. The minimum atomic E-state index is -6.00.